The van der Waals surface area contributed by atoms with E-state index in [9.17, 15) is 9.18 Å². The lowest BCUT2D eigenvalue weighted by Crippen LogP contribution is -2.37. The average molecular weight is 315 g/mol. The molecule has 0 unspecified atom stereocenters. The van der Waals surface area contributed by atoms with E-state index in [2.05, 4.69) is 5.32 Å². The van der Waals surface area contributed by atoms with E-state index in [-0.39, 0.29) is 17.8 Å². The Morgan fingerprint density at radius 3 is 2.30 bits per heavy atom. The standard InChI is InChI=1S/C19H22FNO2/c1-12-5-10-18(11-13(12)2)23-15(4)19(22)21-14(3)16-6-8-17(20)9-7-16/h5-11,14-15H,1-4H3,(H,21,22)/t14-,15+/m1/s1. The van der Waals surface area contributed by atoms with Crippen molar-refractivity contribution in [2.24, 2.45) is 0 Å². The van der Waals surface area contributed by atoms with Crippen LogP contribution in [0.2, 0.25) is 0 Å². The number of aryl methyl sites for hydroxylation is 2. The molecule has 0 aromatic heterocycles. The van der Waals surface area contributed by atoms with Crippen molar-refractivity contribution in [2.45, 2.75) is 39.8 Å². The van der Waals surface area contributed by atoms with Gasteiger partial charge in [0.05, 0.1) is 6.04 Å². The SMILES string of the molecule is Cc1ccc(O[C@@H](C)C(=O)N[C@H](C)c2ccc(F)cc2)cc1C. The van der Waals surface area contributed by atoms with Crippen molar-refractivity contribution in [2.75, 3.05) is 0 Å². The first-order valence-electron chi connectivity index (χ1n) is 7.66. The van der Waals surface area contributed by atoms with E-state index in [1.165, 1.54) is 17.7 Å². The zero-order valence-corrected chi connectivity index (χ0v) is 13.9. The number of carbonyl (C=O) groups is 1. The van der Waals surface area contributed by atoms with E-state index in [0.717, 1.165) is 11.1 Å². The van der Waals surface area contributed by atoms with Crippen LogP contribution in [0.5, 0.6) is 5.75 Å². The van der Waals surface area contributed by atoms with E-state index in [0.29, 0.717) is 5.75 Å². The van der Waals surface area contributed by atoms with Crippen LogP contribution in [-0.2, 0) is 4.79 Å². The Morgan fingerprint density at radius 2 is 1.70 bits per heavy atom. The van der Waals surface area contributed by atoms with Crippen molar-refractivity contribution in [3.63, 3.8) is 0 Å². The molecule has 2 aromatic carbocycles. The van der Waals surface area contributed by atoms with Gasteiger partial charge in [0.1, 0.15) is 11.6 Å². The highest BCUT2D eigenvalue weighted by Gasteiger charge is 2.18. The second-order valence-electron chi connectivity index (χ2n) is 5.79. The lowest BCUT2D eigenvalue weighted by atomic mass is 10.1. The molecule has 1 amide bonds. The van der Waals surface area contributed by atoms with Gasteiger partial charge in [-0.15, -0.1) is 0 Å². The van der Waals surface area contributed by atoms with Crippen molar-refractivity contribution in [3.8, 4) is 5.75 Å². The number of hydrogen-bond donors (Lipinski definition) is 1. The van der Waals surface area contributed by atoms with Crippen LogP contribution in [0.1, 0.15) is 36.6 Å². The Labute approximate surface area is 136 Å². The summed E-state index contributed by atoms with van der Waals surface area (Å²) in [5.74, 6) is 0.170. The van der Waals surface area contributed by atoms with Crippen LogP contribution in [0.15, 0.2) is 42.5 Å². The summed E-state index contributed by atoms with van der Waals surface area (Å²) in [6, 6.07) is 11.6. The number of halogens is 1. The first-order valence-corrected chi connectivity index (χ1v) is 7.66. The fourth-order valence-electron chi connectivity index (χ4n) is 2.21. The molecule has 0 radical (unpaired) electrons. The number of hydrogen-bond acceptors (Lipinski definition) is 2. The molecule has 2 atom stereocenters. The van der Waals surface area contributed by atoms with Crippen molar-refractivity contribution >= 4 is 5.91 Å². The van der Waals surface area contributed by atoms with E-state index < -0.39 is 6.10 Å². The van der Waals surface area contributed by atoms with Crippen LogP contribution in [0.3, 0.4) is 0 Å². The third-order valence-electron chi connectivity index (χ3n) is 3.89. The van der Waals surface area contributed by atoms with Crippen LogP contribution in [0.25, 0.3) is 0 Å². The molecule has 2 rings (SSSR count). The van der Waals surface area contributed by atoms with Crippen LogP contribution in [0, 0.1) is 19.7 Å². The summed E-state index contributed by atoms with van der Waals surface area (Å²) in [6.45, 7) is 7.60. The van der Waals surface area contributed by atoms with Crippen molar-refractivity contribution in [1.29, 1.82) is 0 Å². The van der Waals surface area contributed by atoms with Gasteiger partial charge in [-0.3, -0.25) is 4.79 Å². The first kappa shape index (κ1) is 17.0. The zero-order valence-electron chi connectivity index (χ0n) is 13.9. The molecule has 122 valence electrons. The molecular weight excluding hydrogens is 293 g/mol. The molecule has 0 fully saturated rings. The third kappa shape index (κ3) is 4.55. The Kier molecular flexibility index (Phi) is 5.37. The lowest BCUT2D eigenvalue weighted by molar-refractivity contribution is -0.127. The summed E-state index contributed by atoms with van der Waals surface area (Å²) >= 11 is 0. The molecule has 3 nitrogen and oxygen atoms in total. The molecule has 1 N–H and O–H groups in total. The maximum absolute atomic E-state index is 12.9. The number of nitrogens with one attached hydrogen (secondary N) is 1. The second kappa shape index (κ2) is 7.27. The summed E-state index contributed by atoms with van der Waals surface area (Å²) in [5, 5.41) is 2.88. The predicted octanol–water partition coefficient (Wildman–Crippen LogP) is 4.09. The number of carbonyl (C=O) groups excluding carboxylic acids is 1. The summed E-state index contributed by atoms with van der Waals surface area (Å²) in [7, 11) is 0. The minimum Gasteiger partial charge on any atom is -0.481 e. The Bertz CT molecular complexity index is 682. The molecule has 0 aliphatic carbocycles. The molecule has 0 aliphatic rings. The van der Waals surface area contributed by atoms with Gasteiger partial charge in [0.25, 0.3) is 5.91 Å². The van der Waals surface area contributed by atoms with Crippen LogP contribution < -0.4 is 10.1 Å². The summed E-state index contributed by atoms with van der Waals surface area (Å²) in [6.07, 6.45) is -0.611. The van der Waals surface area contributed by atoms with Gasteiger partial charge >= 0.3 is 0 Å². The third-order valence-corrected chi connectivity index (χ3v) is 3.89. The first-order chi connectivity index (χ1) is 10.9. The maximum Gasteiger partial charge on any atom is 0.261 e. The van der Waals surface area contributed by atoms with Crippen LogP contribution in [-0.4, -0.2) is 12.0 Å². The molecule has 0 saturated carbocycles. The highest BCUT2D eigenvalue weighted by molar-refractivity contribution is 5.81. The Hall–Kier alpha value is -2.36. The Morgan fingerprint density at radius 1 is 1.04 bits per heavy atom. The number of benzene rings is 2. The van der Waals surface area contributed by atoms with Gasteiger partial charge in [-0.1, -0.05) is 18.2 Å². The highest BCUT2D eigenvalue weighted by atomic mass is 19.1. The quantitative estimate of drug-likeness (QED) is 0.902. The normalized spacial score (nSPS) is 13.3. The van der Waals surface area contributed by atoms with E-state index in [1.54, 1.807) is 19.1 Å². The average Bonchev–Trinajstić information content (AvgIpc) is 2.51. The Balaban J connectivity index is 1.96. The van der Waals surface area contributed by atoms with Gasteiger partial charge in [0.15, 0.2) is 6.10 Å². The van der Waals surface area contributed by atoms with Gasteiger partial charge in [-0.2, -0.15) is 0 Å². The van der Waals surface area contributed by atoms with Gasteiger partial charge < -0.3 is 10.1 Å². The topological polar surface area (TPSA) is 38.3 Å². The zero-order chi connectivity index (χ0) is 17.0. The largest absolute Gasteiger partial charge is 0.481 e. The molecule has 0 aliphatic heterocycles. The van der Waals surface area contributed by atoms with E-state index in [4.69, 9.17) is 4.74 Å². The predicted molar refractivity (Wildman–Crippen MR) is 89.0 cm³/mol. The fourth-order valence-corrected chi connectivity index (χ4v) is 2.21. The number of ether oxygens (including phenoxy) is 1. The minimum absolute atomic E-state index is 0.208. The lowest BCUT2D eigenvalue weighted by Gasteiger charge is -2.19. The smallest absolute Gasteiger partial charge is 0.261 e. The molecular formula is C19H22FNO2. The molecule has 0 spiro atoms. The fraction of sp³-hybridized carbons (Fsp3) is 0.316. The van der Waals surface area contributed by atoms with Gasteiger partial charge in [-0.25, -0.2) is 4.39 Å². The van der Waals surface area contributed by atoms with Gasteiger partial charge in [0, 0.05) is 0 Å². The number of rotatable bonds is 5. The molecule has 0 heterocycles. The highest BCUT2D eigenvalue weighted by Crippen LogP contribution is 2.18. The van der Waals surface area contributed by atoms with E-state index >= 15 is 0 Å². The second-order valence-corrected chi connectivity index (χ2v) is 5.79. The number of amides is 1. The van der Waals surface area contributed by atoms with Crippen molar-refractivity contribution in [1.82, 2.24) is 5.32 Å². The van der Waals surface area contributed by atoms with Crippen LogP contribution >= 0.6 is 0 Å². The molecule has 0 saturated heterocycles. The van der Waals surface area contributed by atoms with Crippen molar-refractivity contribution < 1.29 is 13.9 Å². The molecule has 0 bridgehead atoms. The monoisotopic (exact) mass is 315 g/mol. The van der Waals surface area contributed by atoms with Crippen molar-refractivity contribution in [3.05, 3.63) is 65.0 Å². The van der Waals surface area contributed by atoms with E-state index in [1.807, 2.05) is 39.0 Å². The molecule has 2 aromatic rings. The van der Waals surface area contributed by atoms with Gasteiger partial charge in [-0.05, 0) is 68.7 Å². The van der Waals surface area contributed by atoms with Gasteiger partial charge in [0.2, 0.25) is 0 Å². The summed E-state index contributed by atoms with van der Waals surface area (Å²) < 4.78 is 18.6. The summed E-state index contributed by atoms with van der Waals surface area (Å²) in [4.78, 5) is 12.2. The maximum atomic E-state index is 12.9. The molecule has 4 heteroatoms. The minimum atomic E-state index is -0.611. The van der Waals surface area contributed by atoms with Crippen LogP contribution in [0.4, 0.5) is 4.39 Å². The molecule has 23 heavy (non-hydrogen) atoms. The summed E-state index contributed by atoms with van der Waals surface area (Å²) in [5.41, 5.74) is 3.15.